The standard InChI is InChI=1S/C26H31N5OS2/c1-6-16-7-12-19-20(14-27)24(34-21(19)13-16)28-22(32)15-33-25-30-29-23(31(25)5)17-8-10-18(11-9-17)26(2,3)4/h8-11,16H,6-7,12-13,15H2,1-5H3,(H,28,32). The average molecular weight is 494 g/mol. The van der Waals surface area contributed by atoms with Crippen LogP contribution in [-0.4, -0.2) is 26.4 Å². The van der Waals surface area contributed by atoms with Gasteiger partial charge in [-0.05, 0) is 41.7 Å². The third-order valence-corrected chi connectivity index (χ3v) is 8.68. The second-order valence-corrected chi connectivity index (χ2v) is 11.9. The van der Waals surface area contributed by atoms with Crippen LogP contribution in [0.3, 0.4) is 0 Å². The molecule has 1 N–H and O–H groups in total. The van der Waals surface area contributed by atoms with Gasteiger partial charge in [0, 0.05) is 17.5 Å². The number of anilines is 1. The van der Waals surface area contributed by atoms with Gasteiger partial charge in [0.05, 0.1) is 11.3 Å². The molecule has 34 heavy (non-hydrogen) atoms. The number of thioether (sulfide) groups is 1. The number of rotatable bonds is 6. The fraction of sp³-hybridized carbons (Fsp3) is 0.462. The number of hydrogen-bond acceptors (Lipinski definition) is 6. The van der Waals surface area contributed by atoms with Crippen LogP contribution in [0.4, 0.5) is 5.00 Å². The van der Waals surface area contributed by atoms with Gasteiger partial charge in [-0.2, -0.15) is 5.26 Å². The van der Waals surface area contributed by atoms with Gasteiger partial charge < -0.3 is 9.88 Å². The summed E-state index contributed by atoms with van der Waals surface area (Å²) in [6.07, 6.45) is 4.20. The summed E-state index contributed by atoms with van der Waals surface area (Å²) in [6, 6.07) is 10.7. The number of carbonyl (C=O) groups is 1. The summed E-state index contributed by atoms with van der Waals surface area (Å²) in [4.78, 5) is 14.0. The minimum Gasteiger partial charge on any atom is -0.316 e. The second-order valence-electron chi connectivity index (χ2n) is 9.87. The Morgan fingerprint density at radius 3 is 2.68 bits per heavy atom. The molecule has 0 radical (unpaired) electrons. The van der Waals surface area contributed by atoms with E-state index in [2.05, 4.69) is 73.5 Å². The lowest BCUT2D eigenvalue weighted by molar-refractivity contribution is -0.113. The first-order chi connectivity index (χ1) is 16.2. The number of benzene rings is 1. The minimum atomic E-state index is -0.133. The molecule has 1 amide bonds. The van der Waals surface area contributed by atoms with Crippen LogP contribution in [0.2, 0.25) is 0 Å². The van der Waals surface area contributed by atoms with Gasteiger partial charge in [-0.15, -0.1) is 21.5 Å². The maximum absolute atomic E-state index is 12.7. The monoisotopic (exact) mass is 493 g/mol. The van der Waals surface area contributed by atoms with Gasteiger partial charge in [0.1, 0.15) is 11.1 Å². The molecular formula is C26H31N5OS2. The zero-order chi connectivity index (χ0) is 24.5. The molecule has 2 aromatic heterocycles. The van der Waals surface area contributed by atoms with E-state index < -0.39 is 0 Å². The van der Waals surface area contributed by atoms with Crippen molar-refractivity contribution in [1.29, 1.82) is 5.26 Å². The Morgan fingerprint density at radius 1 is 1.29 bits per heavy atom. The average Bonchev–Trinajstić information content (AvgIpc) is 3.35. The Balaban J connectivity index is 1.41. The van der Waals surface area contributed by atoms with Gasteiger partial charge in [-0.25, -0.2) is 0 Å². The third kappa shape index (κ3) is 5.06. The van der Waals surface area contributed by atoms with Crippen molar-refractivity contribution in [2.45, 2.75) is 63.9 Å². The lowest BCUT2D eigenvalue weighted by Gasteiger charge is -2.20. The number of carbonyl (C=O) groups excluding carboxylic acids is 1. The van der Waals surface area contributed by atoms with Crippen LogP contribution in [-0.2, 0) is 30.1 Å². The van der Waals surface area contributed by atoms with Crippen LogP contribution in [0.5, 0.6) is 0 Å². The fourth-order valence-corrected chi connectivity index (χ4v) is 6.35. The van der Waals surface area contributed by atoms with Crippen LogP contribution < -0.4 is 5.32 Å². The van der Waals surface area contributed by atoms with Crippen LogP contribution >= 0.6 is 23.1 Å². The SMILES string of the molecule is CCC1CCc2c(sc(NC(=O)CSc3nnc(-c4ccc(C(C)(C)C)cc4)n3C)c2C#N)C1. The van der Waals surface area contributed by atoms with Crippen molar-refractivity contribution in [2.24, 2.45) is 13.0 Å². The fourth-order valence-electron chi connectivity index (χ4n) is 4.31. The molecule has 3 aromatic rings. The molecule has 178 valence electrons. The maximum atomic E-state index is 12.7. The number of fused-ring (bicyclic) bond motifs is 1. The molecule has 1 atom stereocenters. The van der Waals surface area contributed by atoms with E-state index in [4.69, 9.17) is 0 Å². The zero-order valence-electron chi connectivity index (χ0n) is 20.4. The summed E-state index contributed by atoms with van der Waals surface area (Å²) >= 11 is 2.91. The number of nitrogens with zero attached hydrogens (tertiary/aromatic N) is 4. The number of nitriles is 1. The second kappa shape index (κ2) is 9.93. The van der Waals surface area contributed by atoms with Gasteiger partial charge in [-0.3, -0.25) is 4.79 Å². The van der Waals surface area contributed by atoms with Gasteiger partial charge in [0.15, 0.2) is 11.0 Å². The highest BCUT2D eigenvalue weighted by molar-refractivity contribution is 7.99. The molecule has 1 aromatic carbocycles. The topological polar surface area (TPSA) is 83.6 Å². The van der Waals surface area contributed by atoms with Crippen molar-refractivity contribution in [3.05, 3.63) is 45.8 Å². The number of amides is 1. The van der Waals surface area contributed by atoms with Crippen LogP contribution in [0, 0.1) is 17.2 Å². The van der Waals surface area contributed by atoms with Gasteiger partial charge >= 0.3 is 0 Å². The smallest absolute Gasteiger partial charge is 0.235 e. The molecule has 0 saturated heterocycles. The maximum Gasteiger partial charge on any atom is 0.235 e. The van der Waals surface area contributed by atoms with E-state index in [1.54, 1.807) is 11.3 Å². The predicted molar refractivity (Wildman–Crippen MR) is 139 cm³/mol. The van der Waals surface area contributed by atoms with E-state index in [1.807, 2.05) is 11.6 Å². The molecule has 1 aliphatic rings. The molecule has 1 unspecified atom stereocenters. The van der Waals surface area contributed by atoms with Crippen molar-refractivity contribution in [2.75, 3.05) is 11.1 Å². The van der Waals surface area contributed by atoms with Crippen molar-refractivity contribution < 1.29 is 4.79 Å². The third-order valence-electron chi connectivity index (χ3n) is 6.49. The molecular weight excluding hydrogens is 462 g/mol. The summed E-state index contributed by atoms with van der Waals surface area (Å²) in [5.74, 6) is 1.52. The highest BCUT2D eigenvalue weighted by Gasteiger charge is 2.26. The van der Waals surface area contributed by atoms with E-state index in [0.29, 0.717) is 21.6 Å². The minimum absolute atomic E-state index is 0.0950. The lowest BCUT2D eigenvalue weighted by atomic mass is 9.86. The highest BCUT2D eigenvalue weighted by atomic mass is 32.2. The molecule has 0 bridgehead atoms. The van der Waals surface area contributed by atoms with Crippen molar-refractivity contribution in [1.82, 2.24) is 14.8 Å². The molecule has 1 aliphatic carbocycles. The zero-order valence-corrected chi connectivity index (χ0v) is 22.1. The highest BCUT2D eigenvalue weighted by Crippen LogP contribution is 2.40. The van der Waals surface area contributed by atoms with Crippen molar-refractivity contribution >= 4 is 34.0 Å². The summed E-state index contributed by atoms with van der Waals surface area (Å²) in [7, 11) is 1.92. The Labute approximate surface area is 209 Å². The molecule has 0 saturated carbocycles. The summed E-state index contributed by atoms with van der Waals surface area (Å²) in [5, 5.41) is 22.7. The first-order valence-electron chi connectivity index (χ1n) is 11.7. The Hall–Kier alpha value is -2.63. The van der Waals surface area contributed by atoms with Crippen molar-refractivity contribution in [3.63, 3.8) is 0 Å². The molecule has 2 heterocycles. The van der Waals surface area contributed by atoms with E-state index in [-0.39, 0.29) is 17.1 Å². The molecule has 8 heteroatoms. The number of aromatic nitrogens is 3. The van der Waals surface area contributed by atoms with Gasteiger partial charge in [-0.1, -0.05) is 70.1 Å². The molecule has 0 fully saturated rings. The number of hydrogen-bond donors (Lipinski definition) is 1. The molecule has 6 nitrogen and oxygen atoms in total. The number of thiophene rings is 1. The predicted octanol–water partition coefficient (Wildman–Crippen LogP) is 5.96. The Morgan fingerprint density at radius 2 is 2.03 bits per heavy atom. The summed E-state index contributed by atoms with van der Waals surface area (Å²) < 4.78 is 1.92. The summed E-state index contributed by atoms with van der Waals surface area (Å²) in [5.41, 5.74) is 4.13. The summed E-state index contributed by atoms with van der Waals surface area (Å²) in [6.45, 7) is 8.79. The normalized spacial score (nSPS) is 15.6. The Kier molecular flexibility index (Phi) is 7.15. The van der Waals surface area contributed by atoms with E-state index in [1.165, 1.54) is 22.2 Å². The molecule has 0 spiro atoms. The molecule has 4 rings (SSSR count). The van der Waals surface area contributed by atoms with E-state index in [0.717, 1.165) is 42.6 Å². The van der Waals surface area contributed by atoms with Crippen LogP contribution in [0.1, 0.15) is 62.1 Å². The van der Waals surface area contributed by atoms with Crippen LogP contribution in [0.25, 0.3) is 11.4 Å². The van der Waals surface area contributed by atoms with Crippen molar-refractivity contribution in [3.8, 4) is 17.5 Å². The first-order valence-corrected chi connectivity index (χ1v) is 13.5. The lowest BCUT2D eigenvalue weighted by Crippen LogP contribution is -2.14. The first kappa shape index (κ1) is 24.5. The van der Waals surface area contributed by atoms with E-state index in [9.17, 15) is 10.1 Å². The molecule has 0 aliphatic heterocycles. The van der Waals surface area contributed by atoms with Crippen LogP contribution in [0.15, 0.2) is 29.4 Å². The Bertz CT molecular complexity index is 1230. The van der Waals surface area contributed by atoms with Gasteiger partial charge in [0.25, 0.3) is 0 Å². The quantitative estimate of drug-likeness (QED) is 0.429. The van der Waals surface area contributed by atoms with Gasteiger partial charge in [0.2, 0.25) is 5.91 Å². The largest absolute Gasteiger partial charge is 0.316 e. The van der Waals surface area contributed by atoms with E-state index >= 15 is 0 Å². The number of nitrogens with one attached hydrogen (secondary N) is 1.